The average molecular weight is 368 g/mol. The third kappa shape index (κ3) is 5.52. The van der Waals surface area contributed by atoms with E-state index in [0.717, 1.165) is 32.7 Å². The molecule has 0 saturated carbocycles. The Kier molecular flexibility index (Phi) is 6.79. The highest BCUT2D eigenvalue weighted by Gasteiger charge is 2.20. The maximum atomic E-state index is 12.1. The summed E-state index contributed by atoms with van der Waals surface area (Å²) < 4.78 is 5.50. The number of benzene rings is 1. The number of carbonyl (C=O) groups is 1. The minimum atomic E-state index is -0.0949. The van der Waals surface area contributed by atoms with Gasteiger partial charge in [-0.05, 0) is 12.5 Å². The molecule has 3 rings (SSSR count). The van der Waals surface area contributed by atoms with Gasteiger partial charge in [0.25, 0.3) is 5.91 Å². The fourth-order valence-corrected chi connectivity index (χ4v) is 3.04. The number of carbonyl (C=O) groups excluding carboxylic acids is 1. The van der Waals surface area contributed by atoms with Crippen molar-refractivity contribution in [2.24, 2.45) is 0 Å². The summed E-state index contributed by atoms with van der Waals surface area (Å²) in [4.78, 5) is 22.8. The van der Waals surface area contributed by atoms with Crippen LogP contribution in [0.5, 0.6) is 0 Å². The van der Waals surface area contributed by atoms with Gasteiger partial charge in [-0.3, -0.25) is 14.6 Å². The zero-order valence-corrected chi connectivity index (χ0v) is 16.2. The minimum absolute atomic E-state index is 0.0949. The Morgan fingerprint density at radius 3 is 2.59 bits per heavy atom. The lowest BCUT2D eigenvalue weighted by atomic mass is 10.2. The molecule has 0 unspecified atom stereocenters. The van der Waals surface area contributed by atoms with Crippen LogP contribution in [0.2, 0.25) is 0 Å². The zero-order chi connectivity index (χ0) is 19.1. The quantitative estimate of drug-likeness (QED) is 0.752. The minimum Gasteiger partial charge on any atom is -0.447 e. The molecule has 1 aliphatic heterocycles. The molecule has 1 aromatic heterocycles. The SMILES string of the molecule is CCN(C)C(=O)c1coc(CN2CCN(CC=Cc3ccccc3)CC2)n1. The summed E-state index contributed by atoms with van der Waals surface area (Å²) in [6.07, 6.45) is 5.86. The number of amides is 1. The van der Waals surface area contributed by atoms with Crippen LogP contribution in [0.4, 0.5) is 0 Å². The molecule has 144 valence electrons. The van der Waals surface area contributed by atoms with E-state index >= 15 is 0 Å². The summed E-state index contributed by atoms with van der Waals surface area (Å²) >= 11 is 0. The van der Waals surface area contributed by atoms with Crippen molar-refractivity contribution < 1.29 is 9.21 Å². The number of rotatable bonds is 7. The first-order chi connectivity index (χ1) is 13.2. The average Bonchev–Trinajstić information content (AvgIpc) is 3.17. The third-order valence-electron chi connectivity index (χ3n) is 4.89. The summed E-state index contributed by atoms with van der Waals surface area (Å²) in [7, 11) is 1.77. The summed E-state index contributed by atoms with van der Waals surface area (Å²) in [6, 6.07) is 10.4. The molecule has 1 amide bonds. The van der Waals surface area contributed by atoms with Crippen molar-refractivity contribution in [2.45, 2.75) is 13.5 Å². The first kappa shape index (κ1) is 19.3. The van der Waals surface area contributed by atoms with Crippen molar-refractivity contribution in [1.82, 2.24) is 19.7 Å². The zero-order valence-electron chi connectivity index (χ0n) is 16.2. The van der Waals surface area contributed by atoms with Gasteiger partial charge in [0, 0.05) is 46.3 Å². The summed E-state index contributed by atoms with van der Waals surface area (Å²) in [5.41, 5.74) is 1.62. The van der Waals surface area contributed by atoms with Crippen molar-refractivity contribution in [1.29, 1.82) is 0 Å². The van der Waals surface area contributed by atoms with Crippen LogP contribution in [0, 0.1) is 0 Å². The molecule has 0 bridgehead atoms. The number of oxazole rings is 1. The van der Waals surface area contributed by atoms with E-state index in [9.17, 15) is 4.79 Å². The fourth-order valence-electron chi connectivity index (χ4n) is 3.04. The summed E-state index contributed by atoms with van der Waals surface area (Å²) in [5.74, 6) is 0.516. The van der Waals surface area contributed by atoms with E-state index in [1.54, 1.807) is 11.9 Å². The van der Waals surface area contributed by atoms with E-state index in [0.29, 0.717) is 24.7 Å². The van der Waals surface area contributed by atoms with Gasteiger partial charge in [-0.25, -0.2) is 4.98 Å². The van der Waals surface area contributed by atoms with Crippen LogP contribution in [-0.2, 0) is 6.54 Å². The Bertz CT molecular complexity index is 749. The Labute approximate surface area is 161 Å². The molecule has 0 spiro atoms. The van der Waals surface area contributed by atoms with Crippen molar-refractivity contribution in [3.8, 4) is 0 Å². The molecule has 1 fully saturated rings. The third-order valence-corrected chi connectivity index (χ3v) is 4.89. The molecule has 1 aliphatic rings. The molecule has 2 aromatic rings. The normalized spacial score (nSPS) is 16.1. The highest BCUT2D eigenvalue weighted by Crippen LogP contribution is 2.11. The second kappa shape index (κ2) is 9.48. The van der Waals surface area contributed by atoms with Crippen molar-refractivity contribution in [3.05, 3.63) is 59.8 Å². The molecule has 27 heavy (non-hydrogen) atoms. The summed E-state index contributed by atoms with van der Waals surface area (Å²) in [5, 5.41) is 0. The topological polar surface area (TPSA) is 52.8 Å². The standard InChI is InChI=1S/C21H28N4O2/c1-3-23(2)21(26)19-17-27-20(22-19)16-25-14-12-24(13-15-25)11-7-10-18-8-5-4-6-9-18/h4-10,17H,3,11-16H2,1-2H3. The first-order valence-electron chi connectivity index (χ1n) is 9.52. The number of aromatic nitrogens is 1. The van der Waals surface area contributed by atoms with Gasteiger partial charge in [-0.15, -0.1) is 0 Å². The smallest absolute Gasteiger partial charge is 0.275 e. The van der Waals surface area contributed by atoms with E-state index in [2.05, 4.69) is 51.2 Å². The molecular weight excluding hydrogens is 340 g/mol. The molecule has 1 saturated heterocycles. The highest BCUT2D eigenvalue weighted by molar-refractivity contribution is 5.91. The Balaban J connectivity index is 1.42. The van der Waals surface area contributed by atoms with Gasteiger partial charge >= 0.3 is 0 Å². The van der Waals surface area contributed by atoms with Gasteiger partial charge in [-0.1, -0.05) is 42.5 Å². The molecule has 6 heteroatoms. The van der Waals surface area contributed by atoms with Crippen molar-refractivity contribution in [3.63, 3.8) is 0 Å². The molecule has 0 radical (unpaired) electrons. The largest absolute Gasteiger partial charge is 0.447 e. The van der Waals surface area contributed by atoms with E-state index in [4.69, 9.17) is 4.42 Å². The number of nitrogens with zero attached hydrogens (tertiary/aromatic N) is 4. The van der Waals surface area contributed by atoms with Crippen LogP contribution >= 0.6 is 0 Å². The highest BCUT2D eigenvalue weighted by atomic mass is 16.3. The van der Waals surface area contributed by atoms with Crippen molar-refractivity contribution >= 4 is 12.0 Å². The Morgan fingerprint density at radius 1 is 1.19 bits per heavy atom. The second-order valence-corrected chi connectivity index (χ2v) is 6.84. The Hall–Kier alpha value is -2.44. The molecule has 2 heterocycles. The molecule has 0 N–H and O–H groups in total. The predicted molar refractivity (Wildman–Crippen MR) is 106 cm³/mol. The second-order valence-electron chi connectivity index (χ2n) is 6.84. The molecular formula is C21H28N4O2. The molecule has 0 atom stereocenters. The Morgan fingerprint density at radius 2 is 1.89 bits per heavy atom. The van der Waals surface area contributed by atoms with E-state index in [1.807, 2.05) is 13.0 Å². The fraction of sp³-hybridized carbons (Fsp3) is 0.429. The maximum absolute atomic E-state index is 12.1. The number of piperazine rings is 1. The van der Waals surface area contributed by atoms with Crippen molar-refractivity contribution in [2.75, 3.05) is 46.3 Å². The molecule has 1 aromatic carbocycles. The lowest BCUT2D eigenvalue weighted by Gasteiger charge is -2.33. The van der Waals surface area contributed by atoms with Gasteiger partial charge in [0.15, 0.2) is 5.69 Å². The lowest BCUT2D eigenvalue weighted by Crippen LogP contribution is -2.45. The van der Waals surface area contributed by atoms with Crippen LogP contribution in [0.3, 0.4) is 0 Å². The first-order valence-corrected chi connectivity index (χ1v) is 9.52. The van der Waals surface area contributed by atoms with Gasteiger partial charge in [0.1, 0.15) is 6.26 Å². The lowest BCUT2D eigenvalue weighted by molar-refractivity contribution is 0.0796. The number of hydrogen-bond acceptors (Lipinski definition) is 5. The molecule has 0 aliphatic carbocycles. The molecule has 6 nitrogen and oxygen atoms in total. The van der Waals surface area contributed by atoms with Gasteiger partial charge in [0.05, 0.1) is 6.54 Å². The van der Waals surface area contributed by atoms with Gasteiger partial charge in [0.2, 0.25) is 5.89 Å². The summed E-state index contributed by atoms with van der Waals surface area (Å²) in [6.45, 7) is 8.18. The maximum Gasteiger partial charge on any atom is 0.275 e. The van der Waals surface area contributed by atoms with E-state index < -0.39 is 0 Å². The van der Waals surface area contributed by atoms with Crippen LogP contribution in [-0.4, -0.2) is 71.9 Å². The monoisotopic (exact) mass is 368 g/mol. The van der Waals surface area contributed by atoms with Crippen LogP contribution in [0.15, 0.2) is 47.1 Å². The van der Waals surface area contributed by atoms with E-state index in [1.165, 1.54) is 11.8 Å². The van der Waals surface area contributed by atoms with Crippen LogP contribution in [0.1, 0.15) is 28.9 Å². The van der Waals surface area contributed by atoms with Gasteiger partial charge in [-0.2, -0.15) is 0 Å². The van der Waals surface area contributed by atoms with Crippen LogP contribution < -0.4 is 0 Å². The van der Waals surface area contributed by atoms with Gasteiger partial charge < -0.3 is 9.32 Å². The van der Waals surface area contributed by atoms with Crippen LogP contribution in [0.25, 0.3) is 6.08 Å². The number of hydrogen-bond donors (Lipinski definition) is 0. The van der Waals surface area contributed by atoms with E-state index in [-0.39, 0.29) is 5.91 Å². The predicted octanol–water partition coefficient (Wildman–Crippen LogP) is 2.60.